The molecule has 1 amide bonds. The summed E-state index contributed by atoms with van der Waals surface area (Å²) in [6, 6.07) is -0.132. The molecule has 0 aromatic carbocycles. The van der Waals surface area contributed by atoms with E-state index in [0.29, 0.717) is 12.8 Å². The van der Waals surface area contributed by atoms with Crippen LogP contribution in [-0.2, 0) is 4.79 Å². The second-order valence-electron chi connectivity index (χ2n) is 5.65. The molecule has 0 saturated heterocycles. The van der Waals surface area contributed by atoms with E-state index in [4.69, 9.17) is 10.9 Å². The first-order valence-electron chi connectivity index (χ1n) is 7.13. The minimum Gasteiger partial charge on any atom is -0.409 e. The number of thiazole rings is 1. The van der Waals surface area contributed by atoms with E-state index in [1.165, 1.54) is 0 Å². The van der Waals surface area contributed by atoms with Gasteiger partial charge in [0.25, 0.3) is 0 Å². The van der Waals surface area contributed by atoms with Crippen molar-refractivity contribution >= 4 is 23.1 Å². The van der Waals surface area contributed by atoms with E-state index in [0.717, 1.165) is 28.4 Å². The van der Waals surface area contributed by atoms with Crippen molar-refractivity contribution in [2.45, 2.75) is 52.5 Å². The van der Waals surface area contributed by atoms with Crippen molar-refractivity contribution in [3.8, 4) is 0 Å². The van der Waals surface area contributed by atoms with Gasteiger partial charge < -0.3 is 16.3 Å². The zero-order valence-electron chi connectivity index (χ0n) is 12.6. The lowest BCUT2D eigenvalue weighted by molar-refractivity contribution is -0.128. The Kier molecular flexibility index (Phi) is 4.51. The van der Waals surface area contributed by atoms with Gasteiger partial charge in [-0.25, -0.2) is 4.98 Å². The summed E-state index contributed by atoms with van der Waals surface area (Å²) in [6.07, 6.45) is 3.08. The predicted molar refractivity (Wildman–Crippen MR) is 82.5 cm³/mol. The Morgan fingerprint density at radius 2 is 2.10 bits per heavy atom. The highest BCUT2D eigenvalue weighted by molar-refractivity contribution is 7.11. The van der Waals surface area contributed by atoms with Crippen LogP contribution in [0.3, 0.4) is 0 Å². The van der Waals surface area contributed by atoms with Gasteiger partial charge in [-0.2, -0.15) is 0 Å². The standard InChI is InChI=1S/C14H22N4O2S/c1-8-11(21-10(3)16-8)9(2)17-13(19)14(12(15)18-20)6-4-5-7-14/h9,20H,4-7H2,1-3H3,(H2,15,18)(H,17,19). The third-order valence-corrected chi connectivity index (χ3v) is 5.43. The number of aryl methyl sites for hydroxylation is 2. The van der Waals surface area contributed by atoms with E-state index in [1.54, 1.807) is 11.3 Å². The quantitative estimate of drug-likeness (QED) is 0.343. The Balaban J connectivity index is 2.18. The van der Waals surface area contributed by atoms with E-state index in [2.05, 4.69) is 15.5 Å². The van der Waals surface area contributed by atoms with Crippen LogP contribution < -0.4 is 11.1 Å². The molecular weight excluding hydrogens is 288 g/mol. The topological polar surface area (TPSA) is 101 Å². The Hall–Kier alpha value is -1.63. The number of amidine groups is 1. The minimum atomic E-state index is -0.864. The third kappa shape index (κ3) is 2.88. The van der Waals surface area contributed by atoms with Crippen molar-refractivity contribution in [2.24, 2.45) is 16.3 Å². The molecule has 1 heterocycles. The molecule has 6 nitrogen and oxygen atoms in total. The lowest BCUT2D eigenvalue weighted by Gasteiger charge is -2.27. The molecule has 0 radical (unpaired) electrons. The number of rotatable bonds is 4. The van der Waals surface area contributed by atoms with Gasteiger partial charge in [0.05, 0.1) is 16.7 Å². The molecular formula is C14H22N4O2S. The number of amides is 1. The normalized spacial score (nSPS) is 19.5. The van der Waals surface area contributed by atoms with Crippen molar-refractivity contribution in [1.29, 1.82) is 0 Å². The van der Waals surface area contributed by atoms with Crippen LogP contribution in [0.15, 0.2) is 5.16 Å². The molecule has 1 aliphatic rings. The molecule has 1 saturated carbocycles. The van der Waals surface area contributed by atoms with E-state index in [1.807, 2.05) is 20.8 Å². The highest BCUT2D eigenvalue weighted by atomic mass is 32.1. The molecule has 1 atom stereocenters. The summed E-state index contributed by atoms with van der Waals surface area (Å²) in [5, 5.41) is 16.1. The molecule has 116 valence electrons. The number of nitrogens with zero attached hydrogens (tertiary/aromatic N) is 2. The predicted octanol–water partition coefficient (Wildman–Crippen LogP) is 2.24. The van der Waals surface area contributed by atoms with Gasteiger partial charge in [-0.05, 0) is 33.6 Å². The maximum Gasteiger partial charge on any atom is 0.234 e. The van der Waals surface area contributed by atoms with Gasteiger partial charge >= 0.3 is 0 Å². The van der Waals surface area contributed by atoms with Crippen LogP contribution in [-0.4, -0.2) is 21.9 Å². The summed E-state index contributed by atoms with van der Waals surface area (Å²) < 4.78 is 0. The van der Waals surface area contributed by atoms with Crippen molar-refractivity contribution < 1.29 is 10.0 Å². The lowest BCUT2D eigenvalue weighted by atomic mass is 9.83. The van der Waals surface area contributed by atoms with Gasteiger partial charge in [0.15, 0.2) is 5.84 Å². The fraction of sp³-hybridized carbons (Fsp3) is 0.643. The molecule has 4 N–H and O–H groups in total. The number of carbonyl (C=O) groups is 1. The number of hydrogen-bond donors (Lipinski definition) is 3. The highest BCUT2D eigenvalue weighted by Gasteiger charge is 2.45. The van der Waals surface area contributed by atoms with Gasteiger partial charge in [-0.15, -0.1) is 11.3 Å². The van der Waals surface area contributed by atoms with Gasteiger partial charge in [0, 0.05) is 4.88 Å². The Morgan fingerprint density at radius 3 is 2.57 bits per heavy atom. The van der Waals surface area contributed by atoms with Crippen LogP contribution in [0.5, 0.6) is 0 Å². The van der Waals surface area contributed by atoms with Gasteiger partial charge in [-0.3, -0.25) is 4.79 Å². The fourth-order valence-electron chi connectivity index (χ4n) is 3.02. The van der Waals surface area contributed by atoms with Crippen molar-refractivity contribution in [3.05, 3.63) is 15.6 Å². The van der Waals surface area contributed by atoms with Gasteiger partial charge in [0.2, 0.25) is 5.91 Å². The lowest BCUT2D eigenvalue weighted by Crippen LogP contribution is -2.48. The molecule has 7 heteroatoms. The molecule has 0 bridgehead atoms. The van der Waals surface area contributed by atoms with Crippen LogP contribution in [0, 0.1) is 19.3 Å². The van der Waals surface area contributed by atoms with Crippen LogP contribution in [0.4, 0.5) is 0 Å². The van der Waals surface area contributed by atoms with Crippen LogP contribution >= 0.6 is 11.3 Å². The Bertz CT molecular complexity index is 561. The molecule has 21 heavy (non-hydrogen) atoms. The first kappa shape index (κ1) is 15.8. The van der Waals surface area contributed by atoms with E-state index in [-0.39, 0.29) is 17.8 Å². The van der Waals surface area contributed by atoms with E-state index < -0.39 is 5.41 Å². The molecule has 0 spiro atoms. The zero-order chi connectivity index (χ0) is 15.6. The van der Waals surface area contributed by atoms with Crippen LogP contribution in [0.2, 0.25) is 0 Å². The monoisotopic (exact) mass is 310 g/mol. The molecule has 1 aromatic heterocycles. The van der Waals surface area contributed by atoms with Crippen molar-refractivity contribution in [2.75, 3.05) is 0 Å². The SMILES string of the molecule is Cc1nc(C)c(C(C)NC(=O)C2(C(N)=NO)CCCC2)s1. The average molecular weight is 310 g/mol. The number of oxime groups is 1. The van der Waals surface area contributed by atoms with Crippen LogP contribution in [0.25, 0.3) is 0 Å². The Morgan fingerprint density at radius 1 is 1.48 bits per heavy atom. The second kappa shape index (κ2) is 6.01. The smallest absolute Gasteiger partial charge is 0.234 e. The molecule has 1 fully saturated rings. The third-order valence-electron chi connectivity index (χ3n) is 4.17. The largest absolute Gasteiger partial charge is 0.409 e. The maximum atomic E-state index is 12.7. The van der Waals surface area contributed by atoms with Crippen molar-refractivity contribution in [3.63, 3.8) is 0 Å². The summed E-state index contributed by atoms with van der Waals surface area (Å²) in [6.45, 7) is 5.83. The molecule has 0 aliphatic heterocycles. The second-order valence-corrected chi connectivity index (χ2v) is 6.89. The summed E-state index contributed by atoms with van der Waals surface area (Å²) in [5.74, 6) is -0.143. The first-order valence-corrected chi connectivity index (χ1v) is 7.95. The van der Waals surface area contributed by atoms with E-state index in [9.17, 15) is 4.79 Å². The molecule has 1 aliphatic carbocycles. The molecule has 1 unspecified atom stereocenters. The van der Waals surface area contributed by atoms with Crippen molar-refractivity contribution in [1.82, 2.24) is 10.3 Å². The number of carbonyl (C=O) groups excluding carboxylic acids is 1. The zero-order valence-corrected chi connectivity index (χ0v) is 13.5. The van der Waals surface area contributed by atoms with Crippen LogP contribution in [0.1, 0.15) is 54.2 Å². The first-order chi connectivity index (χ1) is 9.90. The Labute approximate surface area is 128 Å². The summed E-state index contributed by atoms with van der Waals surface area (Å²) in [4.78, 5) is 18.1. The molecule has 1 aromatic rings. The number of hydrogen-bond acceptors (Lipinski definition) is 5. The average Bonchev–Trinajstić information content (AvgIpc) is 3.05. The summed E-state index contributed by atoms with van der Waals surface area (Å²) in [5.41, 5.74) is 5.87. The fourth-order valence-corrected chi connectivity index (χ4v) is 3.95. The minimum absolute atomic E-state index is 0.0157. The maximum absolute atomic E-state index is 12.7. The summed E-state index contributed by atoms with van der Waals surface area (Å²) >= 11 is 1.58. The number of nitrogens with two attached hydrogens (primary N) is 1. The molecule has 2 rings (SSSR count). The number of nitrogens with one attached hydrogen (secondary N) is 1. The van der Waals surface area contributed by atoms with Gasteiger partial charge in [-0.1, -0.05) is 18.0 Å². The number of aromatic nitrogens is 1. The highest BCUT2D eigenvalue weighted by Crippen LogP contribution is 2.39. The van der Waals surface area contributed by atoms with Gasteiger partial charge in [0.1, 0.15) is 5.41 Å². The summed E-state index contributed by atoms with van der Waals surface area (Å²) in [7, 11) is 0. The van der Waals surface area contributed by atoms with E-state index >= 15 is 0 Å².